The summed E-state index contributed by atoms with van der Waals surface area (Å²) in [5.41, 5.74) is 6.63. The van der Waals surface area contributed by atoms with Crippen LogP contribution < -0.4 is 10.2 Å². The second kappa shape index (κ2) is 11.9. The van der Waals surface area contributed by atoms with E-state index in [0.717, 1.165) is 39.2 Å². The van der Waals surface area contributed by atoms with E-state index in [4.69, 9.17) is 16.7 Å². The molecule has 1 aromatic heterocycles. The van der Waals surface area contributed by atoms with Gasteiger partial charge < -0.3 is 5.32 Å². The summed E-state index contributed by atoms with van der Waals surface area (Å²) in [5, 5.41) is 8.57. The van der Waals surface area contributed by atoms with E-state index in [2.05, 4.69) is 25.2 Å². The molecular formula is C32H33ClN4O2S. The van der Waals surface area contributed by atoms with Gasteiger partial charge in [-0.1, -0.05) is 80.0 Å². The van der Waals surface area contributed by atoms with Crippen molar-refractivity contribution >= 4 is 41.0 Å². The SMILES string of the molecule is Cc1cccc(-n2nc(-c3ccccc3)c3c2N(CC(=O)NCC(C)C)C(=O)CS[C@@H]3c2cccc(Cl)c2)c1C. The van der Waals surface area contributed by atoms with Gasteiger partial charge >= 0.3 is 0 Å². The summed E-state index contributed by atoms with van der Waals surface area (Å²) in [4.78, 5) is 28.6. The first-order chi connectivity index (χ1) is 19.2. The van der Waals surface area contributed by atoms with Crippen molar-refractivity contribution < 1.29 is 9.59 Å². The smallest absolute Gasteiger partial charge is 0.240 e. The second-order valence-corrected chi connectivity index (χ2v) is 12.0. The van der Waals surface area contributed by atoms with Crippen LogP contribution in [0.5, 0.6) is 0 Å². The second-order valence-electron chi connectivity index (χ2n) is 10.5. The number of rotatable bonds is 7. The normalized spacial score (nSPS) is 15.2. The highest BCUT2D eigenvalue weighted by atomic mass is 35.5. The number of nitrogens with zero attached hydrogens (tertiary/aromatic N) is 3. The lowest BCUT2D eigenvalue weighted by Crippen LogP contribution is -2.43. The molecule has 4 aromatic rings. The van der Waals surface area contributed by atoms with Gasteiger partial charge in [-0.2, -0.15) is 5.10 Å². The standard InChI is InChI=1S/C32H33ClN4O2S/c1-20(2)17-34-27(38)18-36-28(39)19-40-31(24-13-9-14-25(33)16-24)29-30(23-11-6-5-7-12-23)35-37(32(29)36)26-15-8-10-21(3)22(26)4/h5-16,20,31H,17-19H2,1-4H3,(H,34,38)/t31-/m1/s1. The van der Waals surface area contributed by atoms with Gasteiger partial charge in [0, 0.05) is 22.7 Å². The van der Waals surface area contributed by atoms with Crippen molar-refractivity contribution in [2.24, 2.45) is 5.92 Å². The summed E-state index contributed by atoms with van der Waals surface area (Å²) in [5.74, 6) is 0.792. The molecule has 0 unspecified atom stereocenters. The van der Waals surface area contributed by atoms with Crippen LogP contribution in [-0.2, 0) is 9.59 Å². The monoisotopic (exact) mass is 572 g/mol. The van der Waals surface area contributed by atoms with E-state index in [1.54, 1.807) is 4.90 Å². The molecule has 5 rings (SSSR count). The molecule has 6 nitrogen and oxygen atoms in total. The zero-order valence-electron chi connectivity index (χ0n) is 23.1. The van der Waals surface area contributed by atoms with E-state index < -0.39 is 0 Å². The summed E-state index contributed by atoms with van der Waals surface area (Å²) in [6.45, 7) is 8.66. The number of halogens is 1. The predicted molar refractivity (Wildman–Crippen MR) is 164 cm³/mol. The summed E-state index contributed by atoms with van der Waals surface area (Å²) in [6, 6.07) is 23.8. The zero-order valence-corrected chi connectivity index (χ0v) is 24.7. The van der Waals surface area contributed by atoms with Crippen LogP contribution in [-0.4, -0.2) is 40.4 Å². The number of carbonyl (C=O) groups excluding carboxylic acids is 2. The molecule has 40 heavy (non-hydrogen) atoms. The summed E-state index contributed by atoms with van der Waals surface area (Å²) >= 11 is 7.99. The Balaban J connectivity index is 1.80. The van der Waals surface area contributed by atoms with Crippen molar-refractivity contribution in [1.82, 2.24) is 15.1 Å². The molecule has 0 radical (unpaired) electrons. The number of aromatic nitrogens is 2. The maximum absolute atomic E-state index is 13.8. The van der Waals surface area contributed by atoms with Gasteiger partial charge in [0.1, 0.15) is 12.4 Å². The first-order valence-electron chi connectivity index (χ1n) is 13.4. The molecule has 2 amide bonds. The molecule has 8 heteroatoms. The number of hydrogen-bond donors (Lipinski definition) is 1. The maximum atomic E-state index is 13.8. The lowest BCUT2D eigenvalue weighted by Gasteiger charge is -2.24. The molecule has 1 aliphatic rings. The Kier molecular flexibility index (Phi) is 8.33. The third-order valence-corrected chi connectivity index (χ3v) is 8.59. The molecule has 0 bridgehead atoms. The Morgan fingerprint density at radius 1 is 1.07 bits per heavy atom. The largest absolute Gasteiger partial charge is 0.354 e. The van der Waals surface area contributed by atoms with Crippen molar-refractivity contribution in [2.45, 2.75) is 32.9 Å². The van der Waals surface area contributed by atoms with Crippen LogP contribution in [0.4, 0.5) is 5.82 Å². The number of amides is 2. The molecule has 0 saturated heterocycles. The van der Waals surface area contributed by atoms with Gasteiger partial charge in [-0.25, -0.2) is 4.68 Å². The minimum absolute atomic E-state index is 0.0911. The molecule has 2 heterocycles. The van der Waals surface area contributed by atoms with Crippen LogP contribution in [0, 0.1) is 19.8 Å². The Bertz CT molecular complexity index is 1550. The van der Waals surface area contributed by atoms with Crippen LogP contribution >= 0.6 is 23.4 Å². The first kappa shape index (κ1) is 28.0. The Morgan fingerprint density at radius 3 is 2.55 bits per heavy atom. The lowest BCUT2D eigenvalue weighted by atomic mass is 9.99. The molecule has 0 spiro atoms. The van der Waals surface area contributed by atoms with Gasteiger partial charge in [0.15, 0.2) is 0 Å². The molecule has 1 N–H and O–H groups in total. The maximum Gasteiger partial charge on any atom is 0.240 e. The molecule has 1 atom stereocenters. The van der Waals surface area contributed by atoms with Crippen molar-refractivity contribution in [3.05, 3.63) is 100 Å². The summed E-state index contributed by atoms with van der Waals surface area (Å²) in [7, 11) is 0. The fourth-order valence-corrected chi connectivity index (χ4v) is 6.30. The topological polar surface area (TPSA) is 67.2 Å². The zero-order chi connectivity index (χ0) is 28.4. The predicted octanol–water partition coefficient (Wildman–Crippen LogP) is 6.75. The molecule has 0 aliphatic carbocycles. The quantitative estimate of drug-likeness (QED) is 0.266. The van der Waals surface area contributed by atoms with Crippen molar-refractivity contribution in [2.75, 3.05) is 23.7 Å². The van der Waals surface area contributed by atoms with Gasteiger partial charge in [-0.15, -0.1) is 11.8 Å². The molecule has 1 aliphatic heterocycles. The van der Waals surface area contributed by atoms with Crippen LogP contribution in [0.3, 0.4) is 0 Å². The molecule has 206 valence electrons. The minimum Gasteiger partial charge on any atom is -0.354 e. The van der Waals surface area contributed by atoms with Crippen molar-refractivity contribution in [3.8, 4) is 16.9 Å². The average molecular weight is 573 g/mol. The Morgan fingerprint density at radius 2 is 1.82 bits per heavy atom. The third-order valence-electron chi connectivity index (χ3n) is 7.10. The van der Waals surface area contributed by atoms with E-state index in [1.807, 2.05) is 85.3 Å². The Hall–Kier alpha value is -3.55. The number of fused-ring (bicyclic) bond motifs is 1. The van der Waals surface area contributed by atoms with Crippen LogP contribution in [0.2, 0.25) is 5.02 Å². The van der Waals surface area contributed by atoms with E-state index in [9.17, 15) is 9.59 Å². The Labute approximate surface area is 244 Å². The van der Waals surface area contributed by atoms with Gasteiger partial charge in [0.2, 0.25) is 11.8 Å². The number of hydrogen-bond acceptors (Lipinski definition) is 4. The number of thioether (sulfide) groups is 1. The highest BCUT2D eigenvalue weighted by Crippen LogP contribution is 2.49. The highest BCUT2D eigenvalue weighted by Gasteiger charge is 2.38. The number of carbonyl (C=O) groups is 2. The molecular weight excluding hydrogens is 540 g/mol. The van der Waals surface area contributed by atoms with Gasteiger partial charge in [-0.3, -0.25) is 14.5 Å². The third kappa shape index (κ3) is 5.67. The number of anilines is 1. The average Bonchev–Trinajstić information content (AvgIpc) is 3.25. The van der Waals surface area contributed by atoms with E-state index >= 15 is 0 Å². The fraction of sp³-hybridized carbons (Fsp3) is 0.281. The van der Waals surface area contributed by atoms with Crippen LogP contribution in [0.25, 0.3) is 16.9 Å². The first-order valence-corrected chi connectivity index (χ1v) is 14.9. The summed E-state index contributed by atoms with van der Waals surface area (Å²) in [6.07, 6.45) is 0. The van der Waals surface area contributed by atoms with E-state index in [1.165, 1.54) is 11.8 Å². The lowest BCUT2D eigenvalue weighted by molar-refractivity contribution is -0.123. The number of aryl methyl sites for hydroxylation is 1. The van der Waals surface area contributed by atoms with Crippen LogP contribution in [0.1, 0.15) is 41.4 Å². The number of benzene rings is 3. The van der Waals surface area contributed by atoms with Gasteiger partial charge in [0.05, 0.1) is 22.4 Å². The fourth-order valence-electron chi connectivity index (χ4n) is 4.91. The van der Waals surface area contributed by atoms with Gasteiger partial charge in [-0.05, 0) is 54.7 Å². The van der Waals surface area contributed by atoms with Crippen molar-refractivity contribution in [3.63, 3.8) is 0 Å². The van der Waals surface area contributed by atoms with E-state index in [0.29, 0.717) is 23.3 Å². The minimum atomic E-state index is -0.226. The molecule has 0 saturated carbocycles. The molecule has 3 aromatic carbocycles. The highest BCUT2D eigenvalue weighted by molar-refractivity contribution is 8.00. The van der Waals surface area contributed by atoms with E-state index in [-0.39, 0.29) is 29.4 Å². The number of nitrogens with one attached hydrogen (secondary N) is 1. The van der Waals surface area contributed by atoms with Gasteiger partial charge in [0.25, 0.3) is 0 Å². The summed E-state index contributed by atoms with van der Waals surface area (Å²) < 4.78 is 1.86. The van der Waals surface area contributed by atoms with Crippen molar-refractivity contribution in [1.29, 1.82) is 0 Å². The molecule has 0 fully saturated rings. The van der Waals surface area contributed by atoms with Crippen LogP contribution in [0.15, 0.2) is 72.8 Å².